The number of carbonyl (C=O) groups is 2. The smallest absolute Gasteiger partial charge is 0.342 e. The van der Waals surface area contributed by atoms with Gasteiger partial charge in [-0.15, -0.1) is 0 Å². The number of halogens is 1. The number of ketones is 1. The van der Waals surface area contributed by atoms with E-state index in [4.69, 9.17) is 35.3 Å². The van der Waals surface area contributed by atoms with E-state index in [0.717, 1.165) is 12.8 Å². The molecular weight excluding hydrogens is 424 g/mol. The molecule has 0 atom stereocenters. The van der Waals surface area contributed by atoms with Crippen LogP contribution < -0.4 is 9.47 Å². The molecule has 1 heterocycles. The average molecular weight is 453 g/mol. The number of hydrogen-bond donors (Lipinski definition) is 0. The van der Waals surface area contributed by atoms with E-state index in [9.17, 15) is 9.59 Å². The normalized spacial score (nSPS) is 17.3. The van der Waals surface area contributed by atoms with Crippen molar-refractivity contribution >= 4 is 23.4 Å². The molecule has 8 heteroatoms. The third-order valence-corrected chi connectivity index (χ3v) is 4.75. The van der Waals surface area contributed by atoms with Crippen LogP contribution in [-0.4, -0.2) is 45.2 Å². The maximum Gasteiger partial charge on any atom is 0.342 e. The lowest BCUT2D eigenvalue weighted by molar-refractivity contribution is -0.114. The zero-order chi connectivity index (χ0) is 22.5. The number of fused-ring (bicyclic) bond motifs is 1. The molecule has 1 aliphatic rings. The SMILES string of the molecule is CCOCOc1cc(OCOCC)c2c(c1Cl)CC(=O)/C=C/CC/C=C/CCOC2=O. The highest BCUT2D eigenvalue weighted by molar-refractivity contribution is 6.33. The first-order chi connectivity index (χ1) is 15.1. The van der Waals surface area contributed by atoms with Crippen LogP contribution in [0.3, 0.4) is 0 Å². The van der Waals surface area contributed by atoms with Crippen LogP contribution in [0.1, 0.15) is 49.0 Å². The molecule has 1 aromatic rings. The highest BCUT2D eigenvalue weighted by Gasteiger charge is 2.26. The van der Waals surface area contributed by atoms with Gasteiger partial charge in [0, 0.05) is 31.3 Å². The van der Waals surface area contributed by atoms with E-state index >= 15 is 0 Å². The molecule has 2 rings (SSSR count). The summed E-state index contributed by atoms with van der Waals surface area (Å²) in [5, 5.41) is 0.143. The number of cyclic esters (lactones) is 1. The molecule has 0 saturated heterocycles. The van der Waals surface area contributed by atoms with E-state index in [2.05, 4.69) is 0 Å². The minimum atomic E-state index is -0.623. The van der Waals surface area contributed by atoms with Gasteiger partial charge in [-0.05, 0) is 39.2 Å². The topological polar surface area (TPSA) is 80.3 Å². The Kier molecular flexibility index (Phi) is 11.1. The molecule has 170 valence electrons. The van der Waals surface area contributed by atoms with Gasteiger partial charge in [0.15, 0.2) is 19.4 Å². The van der Waals surface area contributed by atoms with Crippen LogP contribution in [0.2, 0.25) is 5.02 Å². The summed E-state index contributed by atoms with van der Waals surface area (Å²) in [6.45, 7) is 4.63. The van der Waals surface area contributed by atoms with Crippen LogP contribution >= 0.6 is 11.6 Å². The quantitative estimate of drug-likeness (QED) is 0.246. The molecule has 0 radical (unpaired) electrons. The first-order valence-electron chi connectivity index (χ1n) is 10.4. The van der Waals surface area contributed by atoms with Gasteiger partial charge < -0.3 is 23.7 Å². The van der Waals surface area contributed by atoms with Gasteiger partial charge in [-0.1, -0.05) is 29.8 Å². The van der Waals surface area contributed by atoms with Gasteiger partial charge >= 0.3 is 5.97 Å². The molecule has 0 spiro atoms. The van der Waals surface area contributed by atoms with Crippen molar-refractivity contribution in [1.82, 2.24) is 0 Å². The highest BCUT2D eigenvalue weighted by atomic mass is 35.5. The summed E-state index contributed by atoms with van der Waals surface area (Å²) >= 11 is 6.56. The largest absolute Gasteiger partial charge is 0.466 e. The summed E-state index contributed by atoms with van der Waals surface area (Å²) < 4.78 is 27.2. The minimum Gasteiger partial charge on any atom is -0.466 e. The molecule has 7 nitrogen and oxygen atoms in total. The van der Waals surface area contributed by atoms with E-state index < -0.39 is 5.97 Å². The molecule has 31 heavy (non-hydrogen) atoms. The summed E-state index contributed by atoms with van der Waals surface area (Å²) in [4.78, 5) is 25.5. The van der Waals surface area contributed by atoms with Crippen molar-refractivity contribution in [2.75, 3.05) is 33.4 Å². The molecule has 0 fully saturated rings. The molecule has 0 amide bonds. The van der Waals surface area contributed by atoms with E-state index in [-0.39, 0.29) is 60.0 Å². The molecule has 0 N–H and O–H groups in total. The van der Waals surface area contributed by atoms with Crippen LogP contribution in [0.15, 0.2) is 30.4 Å². The van der Waals surface area contributed by atoms with Crippen molar-refractivity contribution in [1.29, 1.82) is 0 Å². The van der Waals surface area contributed by atoms with Crippen LogP contribution in [-0.2, 0) is 25.4 Å². The van der Waals surface area contributed by atoms with E-state index in [1.165, 1.54) is 12.1 Å². The van der Waals surface area contributed by atoms with Crippen LogP contribution in [0.5, 0.6) is 11.5 Å². The Morgan fingerprint density at radius 3 is 2.29 bits per heavy atom. The molecule has 0 saturated carbocycles. The van der Waals surface area contributed by atoms with Crippen LogP contribution in [0.4, 0.5) is 0 Å². The second-order valence-corrected chi connectivity index (χ2v) is 6.95. The van der Waals surface area contributed by atoms with E-state index in [1.807, 2.05) is 32.1 Å². The zero-order valence-corrected chi connectivity index (χ0v) is 18.7. The van der Waals surface area contributed by atoms with Gasteiger partial charge in [0.25, 0.3) is 0 Å². The number of allylic oxidation sites excluding steroid dienone is 3. The van der Waals surface area contributed by atoms with Gasteiger partial charge in [0.05, 0.1) is 11.6 Å². The fraction of sp³-hybridized carbons (Fsp3) is 0.478. The van der Waals surface area contributed by atoms with Gasteiger partial charge in [0.2, 0.25) is 0 Å². The molecular formula is C23H29ClO7. The fourth-order valence-corrected chi connectivity index (χ4v) is 3.09. The number of esters is 1. The Morgan fingerprint density at radius 2 is 1.58 bits per heavy atom. The average Bonchev–Trinajstić information content (AvgIpc) is 2.75. The number of carbonyl (C=O) groups excluding carboxylic acids is 2. The summed E-state index contributed by atoms with van der Waals surface area (Å²) in [5.74, 6) is -0.408. The second-order valence-electron chi connectivity index (χ2n) is 6.57. The third-order valence-electron chi connectivity index (χ3n) is 4.34. The Balaban J connectivity index is 2.50. The lowest BCUT2D eigenvalue weighted by Crippen LogP contribution is -2.16. The predicted octanol–water partition coefficient (Wildman–Crippen LogP) is 4.65. The van der Waals surface area contributed by atoms with Crippen LogP contribution in [0.25, 0.3) is 0 Å². The fourth-order valence-electron chi connectivity index (χ4n) is 2.82. The van der Waals surface area contributed by atoms with Crippen molar-refractivity contribution in [3.63, 3.8) is 0 Å². The van der Waals surface area contributed by atoms with Gasteiger partial charge in [-0.2, -0.15) is 0 Å². The highest BCUT2D eigenvalue weighted by Crippen LogP contribution is 2.39. The van der Waals surface area contributed by atoms with Crippen molar-refractivity contribution in [3.8, 4) is 11.5 Å². The number of benzene rings is 1. The summed E-state index contributed by atoms with van der Waals surface area (Å²) in [6.07, 6.45) is 9.28. The lowest BCUT2D eigenvalue weighted by atomic mass is 9.99. The standard InChI is InChI=1S/C23H29ClO7/c1-3-27-15-30-19-14-20(31-16-28-4-2)22(24)18-13-17(25)11-9-7-5-6-8-10-12-29-23(26)21(18)19/h6,8-9,11,14H,3-5,7,10,12-13,15-16H2,1-2H3/b8-6+,11-9+. The summed E-state index contributed by atoms with van der Waals surface area (Å²) in [6, 6.07) is 1.49. The Labute approximate surface area is 187 Å². The van der Waals surface area contributed by atoms with Gasteiger partial charge in [0.1, 0.15) is 17.1 Å². The first-order valence-corrected chi connectivity index (χ1v) is 10.7. The molecule has 0 bridgehead atoms. The molecule has 1 aromatic carbocycles. The van der Waals surface area contributed by atoms with E-state index in [1.54, 1.807) is 0 Å². The molecule has 0 unspecified atom stereocenters. The van der Waals surface area contributed by atoms with E-state index in [0.29, 0.717) is 19.6 Å². The summed E-state index contributed by atoms with van der Waals surface area (Å²) in [7, 11) is 0. The maximum atomic E-state index is 12.9. The number of hydrogen-bond acceptors (Lipinski definition) is 7. The minimum absolute atomic E-state index is 0.0372. The van der Waals surface area contributed by atoms with Gasteiger partial charge in [-0.3, -0.25) is 4.79 Å². The Morgan fingerprint density at radius 1 is 0.935 bits per heavy atom. The first kappa shape index (κ1) is 24.9. The monoisotopic (exact) mass is 452 g/mol. The van der Waals surface area contributed by atoms with Gasteiger partial charge in [-0.25, -0.2) is 4.79 Å². The molecule has 0 aliphatic carbocycles. The zero-order valence-electron chi connectivity index (χ0n) is 18.0. The van der Waals surface area contributed by atoms with Crippen molar-refractivity contribution < 1.29 is 33.3 Å². The predicted molar refractivity (Wildman–Crippen MR) is 117 cm³/mol. The molecule has 0 aromatic heterocycles. The van der Waals surface area contributed by atoms with Crippen molar-refractivity contribution in [2.24, 2.45) is 0 Å². The van der Waals surface area contributed by atoms with Crippen molar-refractivity contribution in [2.45, 2.75) is 39.5 Å². The lowest BCUT2D eigenvalue weighted by Gasteiger charge is -2.19. The number of ether oxygens (including phenoxy) is 5. The second kappa shape index (κ2) is 13.9. The van der Waals surface area contributed by atoms with Crippen molar-refractivity contribution in [3.05, 3.63) is 46.5 Å². The Hall–Kier alpha value is -2.35. The summed E-state index contributed by atoms with van der Waals surface area (Å²) in [5.41, 5.74) is 0.380. The van der Waals surface area contributed by atoms with Crippen LogP contribution in [0, 0.1) is 0 Å². The number of rotatable bonds is 8. The molecule has 1 aliphatic heterocycles. The maximum absolute atomic E-state index is 12.9. The third kappa shape index (κ3) is 8.01. The Bertz CT molecular complexity index is 802.